The van der Waals surface area contributed by atoms with Gasteiger partial charge in [-0.25, -0.2) is 0 Å². The van der Waals surface area contributed by atoms with E-state index < -0.39 is 0 Å². The molecule has 1 aromatic rings. The van der Waals surface area contributed by atoms with Gasteiger partial charge in [-0.1, -0.05) is 20.8 Å². The minimum absolute atomic E-state index is 0.245. The van der Waals surface area contributed by atoms with E-state index in [0.717, 1.165) is 19.6 Å². The van der Waals surface area contributed by atoms with Crippen molar-refractivity contribution in [2.24, 2.45) is 5.41 Å². The lowest BCUT2D eigenvalue weighted by molar-refractivity contribution is -0.140. The summed E-state index contributed by atoms with van der Waals surface area (Å²) in [6.45, 7) is 8.43. The first-order chi connectivity index (χ1) is 7.38. The first kappa shape index (κ1) is 12.0. The summed E-state index contributed by atoms with van der Waals surface area (Å²) in [5, 5.41) is 0. The Hall–Kier alpha value is -0.520. The molecule has 1 aromatic heterocycles. The van der Waals surface area contributed by atoms with Crippen molar-refractivity contribution in [2.45, 2.75) is 33.9 Å². The second-order valence-electron chi connectivity index (χ2n) is 5.32. The van der Waals surface area contributed by atoms with Gasteiger partial charge in [0.25, 0.3) is 0 Å². The summed E-state index contributed by atoms with van der Waals surface area (Å²) in [6, 6.07) is 2.16. The van der Waals surface area contributed by atoms with Crippen LogP contribution < -0.4 is 0 Å². The van der Waals surface area contributed by atoms with Crippen LogP contribution in [0.5, 0.6) is 0 Å². The number of hydrogen-bond acceptors (Lipinski definition) is 1. The Labute approximate surface area is 110 Å². The van der Waals surface area contributed by atoms with Crippen molar-refractivity contribution in [3.8, 4) is 0 Å². The maximum absolute atomic E-state index is 12.2. The van der Waals surface area contributed by atoms with E-state index >= 15 is 0 Å². The number of hydrogen-bond donors (Lipinski definition) is 0. The van der Waals surface area contributed by atoms with Gasteiger partial charge < -0.3 is 9.47 Å². The van der Waals surface area contributed by atoms with Crippen molar-refractivity contribution < 1.29 is 4.79 Å². The summed E-state index contributed by atoms with van der Waals surface area (Å²) < 4.78 is 3.49. The number of nitrogens with zero attached hydrogens (tertiary/aromatic N) is 2. The molecule has 0 N–H and O–H groups in total. The predicted octanol–water partition coefficient (Wildman–Crippen LogP) is 2.48. The van der Waals surface area contributed by atoms with E-state index in [9.17, 15) is 4.79 Å². The Morgan fingerprint density at radius 3 is 2.69 bits per heavy atom. The third-order valence-electron chi connectivity index (χ3n) is 2.85. The van der Waals surface area contributed by atoms with Gasteiger partial charge in [-0.2, -0.15) is 0 Å². The van der Waals surface area contributed by atoms with Crippen molar-refractivity contribution in [1.82, 2.24) is 9.47 Å². The van der Waals surface area contributed by atoms with Gasteiger partial charge in [0.2, 0.25) is 5.91 Å². The molecule has 88 valence electrons. The van der Waals surface area contributed by atoms with E-state index in [0.29, 0.717) is 0 Å². The molecule has 2 heterocycles. The van der Waals surface area contributed by atoms with Crippen LogP contribution in [0.4, 0.5) is 0 Å². The number of amides is 1. The highest BCUT2D eigenvalue weighted by Gasteiger charge is 2.29. The molecule has 0 atom stereocenters. The molecule has 0 aliphatic carbocycles. The van der Waals surface area contributed by atoms with Crippen LogP contribution in [0.2, 0.25) is 0 Å². The number of fused-ring (bicyclic) bond motifs is 1. The van der Waals surface area contributed by atoms with Crippen molar-refractivity contribution in [3.05, 3.63) is 21.5 Å². The molecule has 1 aliphatic heterocycles. The van der Waals surface area contributed by atoms with Crippen LogP contribution in [0.1, 0.15) is 26.5 Å². The number of halogens is 1. The Morgan fingerprint density at radius 2 is 2.06 bits per heavy atom. The zero-order valence-corrected chi connectivity index (χ0v) is 12.1. The van der Waals surface area contributed by atoms with Gasteiger partial charge in [-0.15, -0.1) is 0 Å². The highest BCUT2D eigenvalue weighted by molar-refractivity contribution is 14.1. The van der Waals surface area contributed by atoms with Gasteiger partial charge in [0.1, 0.15) is 0 Å². The molecule has 0 saturated heterocycles. The Kier molecular flexibility index (Phi) is 3.03. The topological polar surface area (TPSA) is 25.2 Å². The first-order valence-corrected chi connectivity index (χ1v) is 6.60. The van der Waals surface area contributed by atoms with Crippen LogP contribution in [-0.4, -0.2) is 21.9 Å². The minimum Gasteiger partial charge on any atom is -0.347 e. The third-order valence-corrected chi connectivity index (χ3v) is 3.44. The summed E-state index contributed by atoms with van der Waals surface area (Å²) in [6.07, 6.45) is 2.15. The van der Waals surface area contributed by atoms with Gasteiger partial charge >= 0.3 is 0 Å². The molecule has 2 rings (SSSR count). The zero-order chi connectivity index (χ0) is 11.9. The maximum Gasteiger partial charge on any atom is 0.228 e. The van der Waals surface area contributed by atoms with E-state index in [1.807, 2.05) is 25.7 Å². The second-order valence-corrected chi connectivity index (χ2v) is 6.57. The van der Waals surface area contributed by atoms with Crippen LogP contribution in [0.3, 0.4) is 0 Å². The minimum atomic E-state index is -0.276. The van der Waals surface area contributed by atoms with Crippen molar-refractivity contribution in [3.63, 3.8) is 0 Å². The number of rotatable bonds is 0. The molecule has 0 aromatic carbocycles. The Balaban J connectivity index is 2.17. The first-order valence-electron chi connectivity index (χ1n) is 5.52. The van der Waals surface area contributed by atoms with Crippen LogP contribution in [0, 0.1) is 8.99 Å². The molecule has 0 fully saturated rings. The summed E-state index contributed by atoms with van der Waals surface area (Å²) in [5.74, 6) is 0.245. The molecule has 4 heteroatoms. The quantitative estimate of drug-likeness (QED) is 0.670. The van der Waals surface area contributed by atoms with E-state index in [1.165, 1.54) is 9.26 Å². The van der Waals surface area contributed by atoms with E-state index in [1.54, 1.807) is 0 Å². The summed E-state index contributed by atoms with van der Waals surface area (Å²) in [4.78, 5) is 14.1. The van der Waals surface area contributed by atoms with Gasteiger partial charge in [0, 0.05) is 34.0 Å². The van der Waals surface area contributed by atoms with Crippen LogP contribution in [-0.2, 0) is 17.9 Å². The molecular weight excluding hydrogens is 315 g/mol. The smallest absolute Gasteiger partial charge is 0.228 e. The third kappa shape index (κ3) is 2.26. The fourth-order valence-corrected chi connectivity index (χ4v) is 2.70. The molecule has 16 heavy (non-hydrogen) atoms. The molecule has 0 spiro atoms. The Bertz CT molecular complexity index is 417. The molecule has 1 amide bonds. The van der Waals surface area contributed by atoms with Gasteiger partial charge in [0.15, 0.2) is 0 Å². The highest BCUT2D eigenvalue weighted by atomic mass is 127. The normalized spacial score (nSPS) is 16.1. The predicted molar refractivity (Wildman–Crippen MR) is 72.0 cm³/mol. The standard InChI is InChI=1S/C12H17IN2O/c1-12(2,3)11(16)15-5-4-14-7-9(13)6-10(14)8-15/h6-7H,4-5,8H2,1-3H3. The fraction of sp³-hybridized carbons (Fsp3) is 0.583. The number of carbonyl (C=O) groups is 1. The SMILES string of the molecule is CC(C)(C)C(=O)N1CCn2cc(I)cc2C1. The second kappa shape index (κ2) is 4.05. The van der Waals surface area contributed by atoms with Crippen LogP contribution >= 0.6 is 22.6 Å². The maximum atomic E-state index is 12.2. The molecule has 0 unspecified atom stereocenters. The van der Waals surface area contributed by atoms with Crippen LogP contribution in [0.25, 0.3) is 0 Å². The summed E-state index contributed by atoms with van der Waals surface area (Å²) >= 11 is 2.32. The monoisotopic (exact) mass is 332 g/mol. The van der Waals surface area contributed by atoms with Crippen LogP contribution in [0.15, 0.2) is 12.3 Å². The van der Waals surface area contributed by atoms with Crippen molar-refractivity contribution >= 4 is 28.5 Å². The van der Waals surface area contributed by atoms with E-state index in [-0.39, 0.29) is 11.3 Å². The van der Waals surface area contributed by atoms with Crippen molar-refractivity contribution in [1.29, 1.82) is 0 Å². The average molecular weight is 332 g/mol. The molecule has 0 radical (unpaired) electrons. The molecule has 3 nitrogen and oxygen atoms in total. The summed E-state index contributed by atoms with van der Waals surface area (Å²) in [5.41, 5.74) is 0.968. The zero-order valence-electron chi connectivity index (χ0n) is 9.96. The highest BCUT2D eigenvalue weighted by Crippen LogP contribution is 2.23. The molecular formula is C12H17IN2O. The Morgan fingerprint density at radius 1 is 1.38 bits per heavy atom. The van der Waals surface area contributed by atoms with Crippen molar-refractivity contribution in [2.75, 3.05) is 6.54 Å². The summed E-state index contributed by atoms with van der Waals surface area (Å²) in [7, 11) is 0. The lowest BCUT2D eigenvalue weighted by atomic mass is 9.94. The lowest BCUT2D eigenvalue weighted by Crippen LogP contribution is -2.43. The van der Waals surface area contributed by atoms with E-state index in [4.69, 9.17) is 0 Å². The van der Waals surface area contributed by atoms with Gasteiger partial charge in [0.05, 0.1) is 6.54 Å². The van der Waals surface area contributed by atoms with Gasteiger partial charge in [-0.3, -0.25) is 4.79 Å². The fourth-order valence-electron chi connectivity index (χ4n) is 2.01. The molecule has 1 aliphatic rings. The van der Waals surface area contributed by atoms with E-state index in [2.05, 4.69) is 39.4 Å². The largest absolute Gasteiger partial charge is 0.347 e. The average Bonchev–Trinajstić information content (AvgIpc) is 2.54. The number of carbonyl (C=O) groups excluding carboxylic acids is 1. The van der Waals surface area contributed by atoms with Gasteiger partial charge in [-0.05, 0) is 28.7 Å². The molecule has 0 bridgehead atoms. The molecule has 0 saturated carbocycles. The number of aromatic nitrogens is 1. The lowest BCUT2D eigenvalue weighted by Gasteiger charge is -2.33.